The Bertz CT molecular complexity index is 481. The molecule has 0 radical (unpaired) electrons. The zero-order valence-corrected chi connectivity index (χ0v) is 10.8. The maximum Gasteiger partial charge on any atom is 0.258 e. The average Bonchev–Trinajstić information content (AvgIpc) is 2.98. The van der Waals surface area contributed by atoms with E-state index in [1.165, 1.54) is 0 Å². The van der Waals surface area contributed by atoms with Crippen molar-refractivity contribution in [2.75, 3.05) is 19.7 Å². The van der Waals surface area contributed by atoms with Crippen LogP contribution in [0.25, 0.3) is 11.5 Å². The molecule has 0 aromatic carbocycles. The third-order valence-corrected chi connectivity index (χ3v) is 3.09. The van der Waals surface area contributed by atoms with Crippen LogP contribution < -0.4 is 0 Å². The zero-order valence-electron chi connectivity index (χ0n) is 9.95. The smallest absolute Gasteiger partial charge is 0.258 e. The van der Waals surface area contributed by atoms with Gasteiger partial charge in [0.2, 0.25) is 0 Å². The minimum absolute atomic E-state index is 0.100. The molecule has 0 amide bonds. The highest BCUT2D eigenvalue weighted by Crippen LogP contribution is 2.20. The zero-order chi connectivity index (χ0) is 12.8. The van der Waals surface area contributed by atoms with Gasteiger partial charge in [-0.25, -0.2) is 0 Å². The van der Waals surface area contributed by atoms with Crippen molar-refractivity contribution < 1.29 is 9.63 Å². The highest BCUT2D eigenvalue weighted by Gasteiger charge is 2.12. The summed E-state index contributed by atoms with van der Waals surface area (Å²) in [6.07, 6.45) is 1.79. The Balaban J connectivity index is 2.03. The Morgan fingerprint density at radius 1 is 1.56 bits per heavy atom. The normalized spacial score (nSPS) is 11.0. The fourth-order valence-corrected chi connectivity index (χ4v) is 2.21. The summed E-state index contributed by atoms with van der Waals surface area (Å²) in [4.78, 5) is 6.32. The van der Waals surface area contributed by atoms with Crippen LogP contribution in [0.1, 0.15) is 5.82 Å². The van der Waals surface area contributed by atoms with Crippen molar-refractivity contribution in [1.82, 2.24) is 15.0 Å². The van der Waals surface area contributed by atoms with E-state index in [-0.39, 0.29) is 6.61 Å². The molecule has 18 heavy (non-hydrogen) atoms. The molecule has 0 aliphatic rings. The van der Waals surface area contributed by atoms with E-state index in [9.17, 15) is 0 Å². The van der Waals surface area contributed by atoms with Gasteiger partial charge in [0, 0.05) is 18.5 Å². The highest BCUT2D eigenvalue weighted by molar-refractivity contribution is 7.08. The van der Waals surface area contributed by atoms with Gasteiger partial charge in [-0.15, -0.1) is 6.58 Å². The quantitative estimate of drug-likeness (QED) is 0.773. The summed E-state index contributed by atoms with van der Waals surface area (Å²) < 4.78 is 5.20. The number of aliphatic hydroxyl groups is 1. The minimum Gasteiger partial charge on any atom is -0.395 e. The molecule has 0 atom stereocenters. The molecule has 6 heteroatoms. The van der Waals surface area contributed by atoms with Crippen LogP contribution in [-0.2, 0) is 6.54 Å². The van der Waals surface area contributed by atoms with Crippen molar-refractivity contribution in [3.05, 3.63) is 35.3 Å². The monoisotopic (exact) mass is 265 g/mol. The summed E-state index contributed by atoms with van der Waals surface area (Å²) >= 11 is 1.59. The van der Waals surface area contributed by atoms with E-state index in [0.29, 0.717) is 31.3 Å². The first-order valence-electron chi connectivity index (χ1n) is 5.62. The first-order valence-corrected chi connectivity index (χ1v) is 6.57. The predicted octanol–water partition coefficient (Wildman–Crippen LogP) is 1.78. The summed E-state index contributed by atoms with van der Waals surface area (Å²) in [6, 6.07) is 1.94. The number of rotatable bonds is 7. The lowest BCUT2D eigenvalue weighted by Crippen LogP contribution is -2.27. The van der Waals surface area contributed by atoms with Gasteiger partial charge in [0.15, 0.2) is 5.82 Å². The summed E-state index contributed by atoms with van der Waals surface area (Å²) in [5, 5.41) is 16.8. The molecule has 0 aliphatic heterocycles. The molecule has 0 spiro atoms. The van der Waals surface area contributed by atoms with E-state index < -0.39 is 0 Å². The second-order valence-electron chi connectivity index (χ2n) is 3.78. The maximum absolute atomic E-state index is 8.96. The van der Waals surface area contributed by atoms with E-state index in [1.807, 2.05) is 21.7 Å². The predicted molar refractivity (Wildman–Crippen MR) is 70.2 cm³/mol. The van der Waals surface area contributed by atoms with Gasteiger partial charge in [-0.3, -0.25) is 4.90 Å². The topological polar surface area (TPSA) is 62.4 Å². The molecule has 2 heterocycles. The third-order valence-electron chi connectivity index (χ3n) is 2.40. The molecule has 0 unspecified atom stereocenters. The Hall–Kier alpha value is -1.50. The largest absolute Gasteiger partial charge is 0.395 e. The van der Waals surface area contributed by atoms with Crippen molar-refractivity contribution in [1.29, 1.82) is 0 Å². The number of hydrogen-bond acceptors (Lipinski definition) is 6. The second-order valence-corrected chi connectivity index (χ2v) is 4.56. The van der Waals surface area contributed by atoms with Gasteiger partial charge in [-0.2, -0.15) is 16.3 Å². The molecule has 0 saturated heterocycles. The number of aliphatic hydroxyl groups excluding tert-OH is 1. The number of hydrogen-bond donors (Lipinski definition) is 1. The minimum atomic E-state index is 0.100. The van der Waals surface area contributed by atoms with Crippen molar-refractivity contribution in [3.63, 3.8) is 0 Å². The standard InChI is InChI=1S/C12H15N3O2S/c1-2-4-15(5-6-16)8-11-13-12(17-14-11)10-3-7-18-9-10/h2-3,7,9,16H,1,4-6,8H2. The van der Waals surface area contributed by atoms with E-state index >= 15 is 0 Å². The van der Waals surface area contributed by atoms with E-state index in [0.717, 1.165) is 5.56 Å². The summed E-state index contributed by atoms with van der Waals surface area (Å²) in [6.45, 7) is 5.57. The molecular weight excluding hydrogens is 250 g/mol. The molecular formula is C12H15N3O2S. The van der Waals surface area contributed by atoms with Crippen molar-refractivity contribution in [2.24, 2.45) is 0 Å². The molecule has 2 aromatic heterocycles. The van der Waals surface area contributed by atoms with Crippen LogP contribution in [0.4, 0.5) is 0 Å². The number of nitrogens with zero attached hydrogens (tertiary/aromatic N) is 3. The van der Waals surface area contributed by atoms with Gasteiger partial charge in [-0.05, 0) is 11.4 Å². The molecule has 96 valence electrons. The average molecular weight is 265 g/mol. The van der Waals surface area contributed by atoms with Crippen molar-refractivity contribution >= 4 is 11.3 Å². The Morgan fingerprint density at radius 2 is 2.44 bits per heavy atom. The van der Waals surface area contributed by atoms with E-state index in [2.05, 4.69) is 16.7 Å². The SMILES string of the molecule is C=CCN(CCO)Cc1noc(-c2ccsc2)n1. The molecule has 5 nitrogen and oxygen atoms in total. The van der Waals surface area contributed by atoms with Crippen LogP contribution >= 0.6 is 11.3 Å². The molecule has 0 bridgehead atoms. The Kier molecular flexibility index (Phi) is 4.63. The molecule has 0 aliphatic carbocycles. The van der Waals surface area contributed by atoms with Crippen LogP contribution in [0, 0.1) is 0 Å². The molecule has 1 N–H and O–H groups in total. The summed E-state index contributed by atoms with van der Waals surface area (Å²) in [5.74, 6) is 1.15. The number of thiophene rings is 1. The van der Waals surface area contributed by atoms with Crippen molar-refractivity contribution in [3.8, 4) is 11.5 Å². The van der Waals surface area contributed by atoms with Gasteiger partial charge in [0.05, 0.1) is 18.7 Å². The van der Waals surface area contributed by atoms with Gasteiger partial charge in [0.25, 0.3) is 5.89 Å². The fraction of sp³-hybridized carbons (Fsp3) is 0.333. The van der Waals surface area contributed by atoms with Crippen LogP contribution in [0.15, 0.2) is 34.0 Å². The second kappa shape index (κ2) is 6.44. The lowest BCUT2D eigenvalue weighted by molar-refractivity contribution is 0.199. The molecule has 0 fully saturated rings. The summed E-state index contributed by atoms with van der Waals surface area (Å²) in [5.41, 5.74) is 0.941. The van der Waals surface area contributed by atoms with Gasteiger partial charge < -0.3 is 9.63 Å². The van der Waals surface area contributed by atoms with Crippen LogP contribution in [0.3, 0.4) is 0 Å². The number of aromatic nitrogens is 2. The lowest BCUT2D eigenvalue weighted by atomic mass is 10.3. The molecule has 2 rings (SSSR count). The van der Waals surface area contributed by atoms with Gasteiger partial charge >= 0.3 is 0 Å². The van der Waals surface area contributed by atoms with Crippen LogP contribution in [0.2, 0.25) is 0 Å². The lowest BCUT2D eigenvalue weighted by Gasteiger charge is -2.16. The molecule has 0 saturated carbocycles. The van der Waals surface area contributed by atoms with Crippen LogP contribution in [0.5, 0.6) is 0 Å². The van der Waals surface area contributed by atoms with E-state index in [1.54, 1.807) is 17.4 Å². The Morgan fingerprint density at radius 3 is 3.11 bits per heavy atom. The van der Waals surface area contributed by atoms with Gasteiger partial charge in [0.1, 0.15) is 0 Å². The fourth-order valence-electron chi connectivity index (χ4n) is 1.58. The first kappa shape index (κ1) is 12.9. The maximum atomic E-state index is 8.96. The first-order chi connectivity index (χ1) is 8.83. The highest BCUT2D eigenvalue weighted by atomic mass is 32.1. The Labute approximate surface area is 109 Å². The third kappa shape index (κ3) is 3.25. The summed E-state index contributed by atoms with van der Waals surface area (Å²) in [7, 11) is 0. The van der Waals surface area contributed by atoms with E-state index in [4.69, 9.17) is 9.63 Å². The van der Waals surface area contributed by atoms with Crippen molar-refractivity contribution in [2.45, 2.75) is 6.54 Å². The van der Waals surface area contributed by atoms with Crippen LogP contribution in [-0.4, -0.2) is 39.8 Å². The van der Waals surface area contributed by atoms with Gasteiger partial charge in [-0.1, -0.05) is 11.2 Å². The molecule has 2 aromatic rings.